The second-order valence-corrected chi connectivity index (χ2v) is 7.75. The third kappa shape index (κ3) is 4.30. The molecule has 0 unspecified atom stereocenters. The number of benzene rings is 2. The van der Waals surface area contributed by atoms with Gasteiger partial charge in [0.2, 0.25) is 12.7 Å². The molecular formula is C21H18Cl2N4O4. The van der Waals surface area contributed by atoms with Crippen molar-refractivity contribution in [3.63, 3.8) is 0 Å². The van der Waals surface area contributed by atoms with E-state index >= 15 is 0 Å². The summed E-state index contributed by atoms with van der Waals surface area (Å²) in [5.74, 6) is 0.202. The number of hydrogen-bond donors (Lipinski definition) is 2. The molecule has 0 radical (unpaired) electrons. The predicted octanol–water partition coefficient (Wildman–Crippen LogP) is 3.53. The maximum absolute atomic E-state index is 12.4. The molecule has 10 heteroatoms. The average Bonchev–Trinajstić information content (AvgIpc) is 3.31. The van der Waals surface area contributed by atoms with E-state index in [1.54, 1.807) is 48.0 Å². The Morgan fingerprint density at radius 3 is 2.61 bits per heavy atom. The van der Waals surface area contributed by atoms with Crippen LogP contribution in [0.15, 0.2) is 36.4 Å². The van der Waals surface area contributed by atoms with Crippen LogP contribution in [-0.2, 0) is 11.2 Å². The van der Waals surface area contributed by atoms with Crippen molar-refractivity contribution in [2.45, 2.75) is 20.3 Å². The number of aryl methyl sites for hydroxylation is 1. The van der Waals surface area contributed by atoms with Gasteiger partial charge < -0.3 is 9.47 Å². The fraction of sp³-hybridized carbons (Fsp3) is 0.190. The summed E-state index contributed by atoms with van der Waals surface area (Å²) in [5, 5.41) is 5.47. The third-order valence-corrected chi connectivity index (χ3v) is 5.40. The van der Waals surface area contributed by atoms with Crippen molar-refractivity contribution in [2.75, 3.05) is 6.79 Å². The smallest absolute Gasteiger partial charge is 0.269 e. The Bertz CT molecular complexity index is 1190. The number of halogens is 2. The summed E-state index contributed by atoms with van der Waals surface area (Å²) < 4.78 is 12.1. The highest BCUT2D eigenvalue weighted by atomic mass is 35.5. The van der Waals surface area contributed by atoms with E-state index in [0.29, 0.717) is 38.5 Å². The van der Waals surface area contributed by atoms with E-state index in [1.807, 2.05) is 6.92 Å². The Morgan fingerprint density at radius 1 is 1.06 bits per heavy atom. The van der Waals surface area contributed by atoms with E-state index < -0.39 is 5.91 Å². The van der Waals surface area contributed by atoms with Gasteiger partial charge in [-0.15, -0.1) is 0 Å². The summed E-state index contributed by atoms with van der Waals surface area (Å²) in [4.78, 5) is 24.8. The fourth-order valence-electron chi connectivity index (χ4n) is 3.26. The minimum atomic E-state index is -0.469. The van der Waals surface area contributed by atoms with Crippen LogP contribution < -0.4 is 20.3 Å². The molecule has 31 heavy (non-hydrogen) atoms. The van der Waals surface area contributed by atoms with Crippen molar-refractivity contribution in [2.24, 2.45) is 0 Å². The zero-order valence-corrected chi connectivity index (χ0v) is 18.2. The summed E-state index contributed by atoms with van der Waals surface area (Å²) in [6.45, 7) is 3.77. The van der Waals surface area contributed by atoms with Gasteiger partial charge in [0, 0.05) is 21.8 Å². The van der Waals surface area contributed by atoms with Gasteiger partial charge in [0.05, 0.1) is 22.8 Å². The first-order valence-electron chi connectivity index (χ1n) is 9.33. The van der Waals surface area contributed by atoms with Crippen molar-refractivity contribution >= 4 is 35.0 Å². The molecule has 4 rings (SSSR count). The summed E-state index contributed by atoms with van der Waals surface area (Å²) >= 11 is 12.3. The maximum atomic E-state index is 12.4. The molecule has 2 heterocycles. The van der Waals surface area contributed by atoms with E-state index in [4.69, 9.17) is 32.7 Å². The van der Waals surface area contributed by atoms with Crippen LogP contribution >= 0.6 is 23.2 Å². The van der Waals surface area contributed by atoms with Crippen LogP contribution in [0.2, 0.25) is 10.0 Å². The van der Waals surface area contributed by atoms with Gasteiger partial charge in [0.25, 0.3) is 5.91 Å². The Labute approximate surface area is 188 Å². The maximum Gasteiger partial charge on any atom is 0.269 e. The quantitative estimate of drug-likeness (QED) is 0.580. The van der Waals surface area contributed by atoms with Crippen LogP contribution in [0, 0.1) is 13.8 Å². The first-order chi connectivity index (χ1) is 14.8. The van der Waals surface area contributed by atoms with E-state index in [-0.39, 0.29) is 19.1 Å². The number of carbonyl (C=O) groups excluding carboxylic acids is 2. The summed E-state index contributed by atoms with van der Waals surface area (Å²) in [6.07, 6.45) is 0.0320. The van der Waals surface area contributed by atoms with Crippen LogP contribution in [-0.4, -0.2) is 28.4 Å². The Hall–Kier alpha value is -3.23. The van der Waals surface area contributed by atoms with Crippen LogP contribution in [0.1, 0.15) is 27.3 Å². The summed E-state index contributed by atoms with van der Waals surface area (Å²) in [6, 6.07) is 9.90. The first-order valence-corrected chi connectivity index (χ1v) is 10.1. The number of hydrogen-bond acceptors (Lipinski definition) is 5. The van der Waals surface area contributed by atoms with E-state index in [2.05, 4.69) is 16.0 Å². The lowest BCUT2D eigenvalue weighted by atomic mass is 10.1. The number of fused-ring (bicyclic) bond motifs is 1. The van der Waals surface area contributed by atoms with Gasteiger partial charge in [-0.25, -0.2) is 4.68 Å². The van der Waals surface area contributed by atoms with Gasteiger partial charge in [-0.1, -0.05) is 23.2 Å². The zero-order valence-electron chi connectivity index (χ0n) is 16.7. The topological polar surface area (TPSA) is 94.5 Å². The molecule has 160 valence electrons. The largest absolute Gasteiger partial charge is 0.454 e. The molecular weight excluding hydrogens is 443 g/mol. The minimum Gasteiger partial charge on any atom is -0.454 e. The van der Waals surface area contributed by atoms with Crippen molar-refractivity contribution in [1.82, 2.24) is 20.6 Å². The average molecular weight is 461 g/mol. The molecule has 0 fully saturated rings. The molecule has 0 spiro atoms. The van der Waals surface area contributed by atoms with Gasteiger partial charge in [0.15, 0.2) is 11.5 Å². The second kappa shape index (κ2) is 8.49. The van der Waals surface area contributed by atoms with Crippen molar-refractivity contribution in [3.8, 4) is 17.2 Å². The number of hydrazine groups is 1. The molecule has 0 bridgehead atoms. The molecule has 0 atom stereocenters. The van der Waals surface area contributed by atoms with Crippen LogP contribution in [0.3, 0.4) is 0 Å². The van der Waals surface area contributed by atoms with E-state index in [1.165, 1.54) is 0 Å². The van der Waals surface area contributed by atoms with Gasteiger partial charge in [-0.05, 0) is 50.2 Å². The third-order valence-electron chi connectivity index (χ3n) is 4.87. The lowest BCUT2D eigenvalue weighted by Gasteiger charge is -2.09. The molecule has 0 aliphatic carbocycles. The number of rotatable bonds is 4. The molecule has 0 saturated heterocycles. The van der Waals surface area contributed by atoms with E-state index in [9.17, 15) is 9.59 Å². The summed E-state index contributed by atoms with van der Waals surface area (Å²) in [5.41, 5.74) is 8.01. The Morgan fingerprint density at radius 2 is 1.84 bits per heavy atom. The number of carbonyl (C=O) groups is 2. The highest BCUT2D eigenvalue weighted by molar-refractivity contribution is 6.35. The molecule has 2 aromatic carbocycles. The molecule has 1 aliphatic heterocycles. The molecule has 3 aromatic rings. The molecule has 1 aliphatic rings. The molecule has 2 N–H and O–H groups in total. The highest BCUT2D eigenvalue weighted by Gasteiger charge is 2.19. The minimum absolute atomic E-state index is 0.0320. The van der Waals surface area contributed by atoms with Crippen LogP contribution in [0.5, 0.6) is 11.5 Å². The van der Waals surface area contributed by atoms with Gasteiger partial charge in [-0.2, -0.15) is 5.10 Å². The van der Waals surface area contributed by atoms with Gasteiger partial charge in [-0.3, -0.25) is 20.4 Å². The van der Waals surface area contributed by atoms with Crippen molar-refractivity contribution < 1.29 is 19.1 Å². The normalized spacial score (nSPS) is 12.0. The monoisotopic (exact) mass is 460 g/mol. The lowest BCUT2D eigenvalue weighted by Crippen LogP contribution is -2.42. The number of ether oxygens (including phenoxy) is 2. The van der Waals surface area contributed by atoms with Crippen molar-refractivity contribution in [3.05, 3.63) is 69.0 Å². The molecule has 1 aromatic heterocycles. The second-order valence-electron chi connectivity index (χ2n) is 6.90. The van der Waals surface area contributed by atoms with Crippen molar-refractivity contribution in [1.29, 1.82) is 0 Å². The zero-order chi connectivity index (χ0) is 22.1. The Balaban J connectivity index is 1.43. The number of nitrogens with one attached hydrogen (secondary N) is 2. The highest BCUT2D eigenvalue weighted by Crippen LogP contribution is 2.32. The molecule has 2 amide bonds. The number of amides is 2. The number of nitrogens with zero attached hydrogens (tertiary/aromatic N) is 2. The molecule has 0 saturated carbocycles. The van der Waals surface area contributed by atoms with Gasteiger partial charge >= 0.3 is 0 Å². The standard InChI is InChI=1S/C21H18Cl2N4O4/c1-11-15(12(2)27(26-11)17-5-4-14(22)8-16(17)23)9-20(28)24-25-21(29)13-3-6-18-19(7-13)31-10-30-18/h3-8H,9-10H2,1-2H3,(H,24,28)(H,25,29). The SMILES string of the molecule is Cc1nn(-c2ccc(Cl)cc2Cl)c(C)c1CC(=O)NNC(=O)c1ccc2c(c1)OCO2. The van der Waals surface area contributed by atoms with E-state index in [0.717, 1.165) is 11.3 Å². The fourth-order valence-corrected chi connectivity index (χ4v) is 3.75. The predicted molar refractivity (Wildman–Crippen MR) is 115 cm³/mol. The molecule has 8 nitrogen and oxygen atoms in total. The Kier molecular flexibility index (Phi) is 5.75. The number of aromatic nitrogens is 2. The van der Waals surface area contributed by atoms with Crippen LogP contribution in [0.4, 0.5) is 0 Å². The summed E-state index contributed by atoms with van der Waals surface area (Å²) in [7, 11) is 0. The van der Waals surface area contributed by atoms with Crippen LogP contribution in [0.25, 0.3) is 5.69 Å². The first kappa shape index (κ1) is 21.0. The van der Waals surface area contributed by atoms with Gasteiger partial charge in [0.1, 0.15) is 0 Å². The lowest BCUT2D eigenvalue weighted by molar-refractivity contribution is -0.121.